The van der Waals surface area contributed by atoms with Crippen molar-refractivity contribution in [3.05, 3.63) is 75.4 Å². The van der Waals surface area contributed by atoms with Gasteiger partial charge in [0.2, 0.25) is 0 Å². The van der Waals surface area contributed by atoms with E-state index in [4.69, 9.17) is 16.1 Å². The zero-order valence-corrected chi connectivity index (χ0v) is 18.7. The maximum Gasteiger partial charge on any atom is 0.273 e. The van der Waals surface area contributed by atoms with Crippen LogP contribution < -0.4 is 5.32 Å². The lowest BCUT2D eigenvalue weighted by Crippen LogP contribution is -2.38. The van der Waals surface area contributed by atoms with Crippen LogP contribution in [0, 0.1) is 0 Å². The number of nitrogens with zero attached hydrogens (tertiary/aromatic N) is 2. The first kappa shape index (κ1) is 21.6. The second-order valence-corrected chi connectivity index (χ2v) is 7.87. The third-order valence-electron chi connectivity index (χ3n) is 4.84. The van der Waals surface area contributed by atoms with Crippen molar-refractivity contribution in [2.75, 3.05) is 19.6 Å². The highest BCUT2D eigenvalue weighted by atomic mass is 79.9. The summed E-state index contributed by atoms with van der Waals surface area (Å²) >= 11 is 9.83. The fourth-order valence-electron chi connectivity index (χ4n) is 3.26. The van der Waals surface area contributed by atoms with Crippen LogP contribution in [0.25, 0.3) is 11.3 Å². The summed E-state index contributed by atoms with van der Waals surface area (Å²) in [4.78, 5) is 14.9. The lowest BCUT2D eigenvalue weighted by molar-refractivity contribution is 0.0926. The molecule has 0 unspecified atom stereocenters. The Hall–Kier alpha value is -2.15. The summed E-state index contributed by atoms with van der Waals surface area (Å²) in [6, 6.07) is 17.0. The third kappa shape index (κ3) is 5.26. The number of hydrogen-bond donors (Lipinski definition) is 1. The molecule has 152 valence electrons. The third-order valence-corrected chi connectivity index (χ3v) is 5.72. The molecule has 29 heavy (non-hydrogen) atoms. The number of carbonyl (C=O) groups excluding carboxylic acids is 1. The smallest absolute Gasteiger partial charge is 0.273 e. The number of likely N-dealkylation sites (N-methyl/N-ethyl adjacent to an activating group) is 1. The molecule has 0 aliphatic carbocycles. The molecule has 1 aromatic heterocycles. The van der Waals surface area contributed by atoms with Gasteiger partial charge in [0.1, 0.15) is 0 Å². The number of rotatable bonds is 8. The van der Waals surface area contributed by atoms with Crippen molar-refractivity contribution >= 4 is 33.4 Å². The quantitative estimate of drug-likeness (QED) is 0.462. The second-order valence-electron chi connectivity index (χ2n) is 6.55. The lowest BCUT2D eigenvalue weighted by atomic mass is 10.0. The molecule has 0 fully saturated rings. The Morgan fingerprint density at radius 2 is 1.86 bits per heavy atom. The Morgan fingerprint density at radius 1 is 1.17 bits per heavy atom. The highest BCUT2D eigenvalue weighted by Crippen LogP contribution is 2.27. The molecule has 0 bridgehead atoms. The van der Waals surface area contributed by atoms with Crippen molar-refractivity contribution in [3.8, 4) is 11.3 Å². The van der Waals surface area contributed by atoms with Crippen molar-refractivity contribution in [1.82, 2.24) is 15.4 Å². The molecule has 0 radical (unpaired) electrons. The molecule has 5 nitrogen and oxygen atoms in total. The predicted octanol–water partition coefficient (Wildman–Crippen LogP) is 5.57. The van der Waals surface area contributed by atoms with Crippen LogP contribution in [0.5, 0.6) is 0 Å². The van der Waals surface area contributed by atoms with E-state index in [0.717, 1.165) is 28.7 Å². The van der Waals surface area contributed by atoms with Gasteiger partial charge >= 0.3 is 0 Å². The normalized spacial score (nSPS) is 12.2. The Labute approximate surface area is 184 Å². The minimum Gasteiger partial charge on any atom is -0.355 e. The summed E-state index contributed by atoms with van der Waals surface area (Å²) in [5.41, 5.74) is 2.10. The summed E-state index contributed by atoms with van der Waals surface area (Å²) in [7, 11) is 0. The number of nitrogens with one attached hydrogen (secondary N) is 1. The Morgan fingerprint density at radius 3 is 2.52 bits per heavy atom. The first-order valence-corrected chi connectivity index (χ1v) is 10.7. The van der Waals surface area contributed by atoms with E-state index in [1.807, 2.05) is 48.5 Å². The van der Waals surface area contributed by atoms with Crippen molar-refractivity contribution < 1.29 is 9.32 Å². The van der Waals surface area contributed by atoms with Crippen molar-refractivity contribution in [2.24, 2.45) is 0 Å². The summed E-state index contributed by atoms with van der Waals surface area (Å²) in [6.45, 7) is 6.30. The second kappa shape index (κ2) is 10.1. The van der Waals surface area contributed by atoms with Crippen LogP contribution in [0.3, 0.4) is 0 Å². The zero-order chi connectivity index (χ0) is 20.8. The van der Waals surface area contributed by atoms with Crippen molar-refractivity contribution in [2.45, 2.75) is 19.9 Å². The van der Waals surface area contributed by atoms with Gasteiger partial charge in [0.25, 0.3) is 5.91 Å². The van der Waals surface area contributed by atoms with Gasteiger partial charge in [-0.05, 0) is 36.9 Å². The van der Waals surface area contributed by atoms with Crippen molar-refractivity contribution in [3.63, 3.8) is 0 Å². The summed E-state index contributed by atoms with van der Waals surface area (Å²) < 4.78 is 6.33. The molecule has 1 atom stereocenters. The molecule has 1 N–H and O–H groups in total. The Bertz CT molecular complexity index is 955. The number of aromatic nitrogens is 1. The van der Waals surface area contributed by atoms with E-state index >= 15 is 0 Å². The zero-order valence-electron chi connectivity index (χ0n) is 16.4. The van der Waals surface area contributed by atoms with E-state index in [2.05, 4.69) is 45.2 Å². The first-order valence-electron chi connectivity index (χ1n) is 9.52. The fraction of sp³-hybridized carbons (Fsp3) is 0.273. The van der Waals surface area contributed by atoms with Crippen LogP contribution in [0.2, 0.25) is 5.02 Å². The van der Waals surface area contributed by atoms with E-state index in [9.17, 15) is 4.79 Å². The van der Waals surface area contributed by atoms with Crippen molar-refractivity contribution in [1.29, 1.82) is 0 Å². The summed E-state index contributed by atoms with van der Waals surface area (Å²) in [5, 5.41) is 7.60. The molecule has 1 amide bonds. The minimum atomic E-state index is -0.277. The van der Waals surface area contributed by atoms with E-state index in [1.165, 1.54) is 0 Å². The average Bonchev–Trinajstić information content (AvgIpc) is 3.22. The predicted molar refractivity (Wildman–Crippen MR) is 119 cm³/mol. The van der Waals surface area contributed by atoms with Crippen LogP contribution in [0.15, 0.2) is 63.6 Å². The van der Waals surface area contributed by atoms with Gasteiger partial charge in [-0.2, -0.15) is 0 Å². The first-order chi connectivity index (χ1) is 14.0. The maximum absolute atomic E-state index is 12.7. The summed E-state index contributed by atoms with van der Waals surface area (Å²) in [6.07, 6.45) is 0. The number of hydrogen-bond acceptors (Lipinski definition) is 4. The molecular formula is C22H23BrClN3O2. The number of halogens is 2. The van der Waals surface area contributed by atoms with E-state index in [1.54, 1.807) is 6.07 Å². The molecule has 3 aromatic rings. The SMILES string of the molecule is CCN(CC)[C@H](CNC(=O)c1cc(-c2ccc(Br)cc2)on1)c1ccccc1Cl. The monoisotopic (exact) mass is 475 g/mol. The van der Waals surface area contributed by atoms with Gasteiger partial charge in [0.15, 0.2) is 11.5 Å². The minimum absolute atomic E-state index is 0.0273. The topological polar surface area (TPSA) is 58.4 Å². The molecular weight excluding hydrogens is 454 g/mol. The van der Waals surface area contributed by atoms with Crippen LogP contribution >= 0.6 is 27.5 Å². The van der Waals surface area contributed by atoms with Gasteiger partial charge in [-0.25, -0.2) is 0 Å². The van der Waals surface area contributed by atoms with Gasteiger partial charge in [-0.15, -0.1) is 0 Å². The summed E-state index contributed by atoms with van der Waals surface area (Å²) in [5.74, 6) is 0.273. The Kier molecular flexibility index (Phi) is 7.47. The standard InChI is InChI=1S/C22H23BrClN3O2/c1-3-27(4-2)20(17-7-5-6-8-18(17)24)14-25-22(28)19-13-21(29-26-19)15-9-11-16(23)12-10-15/h5-13,20H,3-4,14H2,1-2H3,(H,25,28)/t20-/m1/s1. The van der Waals surface area contributed by atoms with Crippen LogP contribution in [0.1, 0.15) is 35.9 Å². The van der Waals surface area contributed by atoms with Gasteiger partial charge in [-0.3, -0.25) is 9.69 Å². The van der Waals surface area contributed by atoms with Gasteiger partial charge in [0.05, 0.1) is 6.04 Å². The Balaban J connectivity index is 1.73. The molecule has 0 spiro atoms. The van der Waals surface area contributed by atoms with Crippen LogP contribution in [-0.4, -0.2) is 35.6 Å². The molecule has 0 aliphatic rings. The maximum atomic E-state index is 12.7. The highest BCUT2D eigenvalue weighted by molar-refractivity contribution is 9.10. The molecule has 0 aliphatic heterocycles. The molecule has 7 heteroatoms. The molecule has 0 saturated carbocycles. The highest BCUT2D eigenvalue weighted by Gasteiger charge is 2.22. The van der Waals surface area contributed by atoms with Gasteiger partial charge in [-0.1, -0.05) is 76.9 Å². The van der Waals surface area contributed by atoms with Gasteiger partial charge < -0.3 is 9.84 Å². The van der Waals surface area contributed by atoms with E-state index < -0.39 is 0 Å². The lowest BCUT2D eigenvalue weighted by Gasteiger charge is -2.30. The fourth-order valence-corrected chi connectivity index (χ4v) is 3.78. The number of amides is 1. The number of benzene rings is 2. The average molecular weight is 477 g/mol. The molecule has 2 aromatic carbocycles. The van der Waals surface area contributed by atoms with Gasteiger partial charge in [0, 0.05) is 27.7 Å². The molecule has 0 saturated heterocycles. The van der Waals surface area contributed by atoms with Crippen LogP contribution in [0.4, 0.5) is 0 Å². The number of carbonyl (C=O) groups is 1. The van der Waals surface area contributed by atoms with E-state index in [0.29, 0.717) is 17.3 Å². The molecule has 1 heterocycles. The largest absolute Gasteiger partial charge is 0.355 e. The molecule has 3 rings (SSSR count). The van der Waals surface area contributed by atoms with Crippen LogP contribution in [-0.2, 0) is 0 Å². The van der Waals surface area contributed by atoms with E-state index in [-0.39, 0.29) is 17.6 Å².